The number of rotatable bonds is 4. The van der Waals surface area contributed by atoms with Crippen molar-refractivity contribution >= 4 is 46.4 Å². The third kappa shape index (κ3) is 4.21. The number of nitrogens with zero attached hydrogens (tertiary/aromatic N) is 2. The van der Waals surface area contributed by atoms with E-state index in [0.717, 1.165) is 11.1 Å². The zero-order valence-electron chi connectivity index (χ0n) is 11.3. The molecular weight excluding hydrogens is 354 g/mol. The molecule has 0 aliphatic rings. The quantitative estimate of drug-likeness (QED) is 0.630. The molecule has 2 heterocycles. The molecule has 2 unspecified atom stereocenters. The van der Waals surface area contributed by atoms with Crippen molar-refractivity contribution in [3.8, 4) is 0 Å². The van der Waals surface area contributed by atoms with Gasteiger partial charge in [0.15, 0.2) is 0 Å². The first-order valence-electron chi connectivity index (χ1n) is 6.16. The Morgan fingerprint density at radius 3 is 1.52 bits per heavy atom. The average Bonchev–Trinajstić information content (AvgIpc) is 2.44. The van der Waals surface area contributed by atoms with Crippen molar-refractivity contribution in [3.63, 3.8) is 0 Å². The third-order valence-corrected chi connectivity index (χ3v) is 4.35. The largest absolute Gasteiger partial charge is 0.366 e. The molecule has 0 radical (unpaired) electrons. The summed E-state index contributed by atoms with van der Waals surface area (Å²) in [7, 11) is 0. The smallest absolute Gasteiger partial charge is 0.147 e. The van der Waals surface area contributed by atoms with Crippen LogP contribution in [0.5, 0.6) is 0 Å². The van der Waals surface area contributed by atoms with E-state index >= 15 is 0 Å². The molecule has 21 heavy (non-hydrogen) atoms. The molecule has 0 N–H and O–H groups in total. The average molecular weight is 366 g/mol. The number of ether oxygens (including phenoxy) is 1. The molecule has 0 aliphatic carbocycles. The van der Waals surface area contributed by atoms with Crippen LogP contribution in [-0.2, 0) is 4.74 Å². The Balaban J connectivity index is 2.12. The van der Waals surface area contributed by atoms with E-state index in [1.54, 1.807) is 24.5 Å². The lowest BCUT2D eigenvalue weighted by molar-refractivity contribution is 0.00553. The minimum Gasteiger partial charge on any atom is -0.366 e. The van der Waals surface area contributed by atoms with Gasteiger partial charge in [0.2, 0.25) is 0 Å². The van der Waals surface area contributed by atoms with Gasteiger partial charge in [-0.1, -0.05) is 46.4 Å². The maximum atomic E-state index is 5.96. The molecule has 0 bridgehead atoms. The van der Waals surface area contributed by atoms with Crippen LogP contribution < -0.4 is 0 Å². The summed E-state index contributed by atoms with van der Waals surface area (Å²) in [4.78, 5) is 8.02. The van der Waals surface area contributed by atoms with E-state index in [1.165, 1.54) is 0 Å². The van der Waals surface area contributed by atoms with Gasteiger partial charge in [-0.2, -0.15) is 0 Å². The molecule has 3 nitrogen and oxygen atoms in total. The van der Waals surface area contributed by atoms with Crippen molar-refractivity contribution in [2.24, 2.45) is 0 Å². The van der Waals surface area contributed by atoms with Crippen LogP contribution in [0.3, 0.4) is 0 Å². The fourth-order valence-corrected chi connectivity index (χ4v) is 2.34. The van der Waals surface area contributed by atoms with Gasteiger partial charge < -0.3 is 4.74 Å². The Morgan fingerprint density at radius 1 is 0.810 bits per heavy atom. The monoisotopic (exact) mass is 364 g/mol. The molecule has 7 heteroatoms. The zero-order chi connectivity index (χ0) is 15.6. The molecule has 112 valence electrons. The summed E-state index contributed by atoms with van der Waals surface area (Å²) < 4.78 is 5.93. The predicted octanol–water partition coefficient (Wildman–Crippen LogP) is 5.93. The summed E-state index contributed by atoms with van der Waals surface area (Å²) in [5.74, 6) is 0. The van der Waals surface area contributed by atoms with E-state index in [0.29, 0.717) is 10.0 Å². The van der Waals surface area contributed by atoms with Crippen molar-refractivity contribution in [1.82, 2.24) is 9.97 Å². The molecule has 2 aromatic rings. The lowest BCUT2D eigenvalue weighted by Gasteiger charge is -2.20. The first-order valence-corrected chi connectivity index (χ1v) is 7.67. The van der Waals surface area contributed by atoms with Crippen LogP contribution in [0.2, 0.25) is 20.4 Å². The molecule has 0 aromatic carbocycles. The Labute approximate surface area is 143 Å². The molecule has 2 atom stereocenters. The highest BCUT2D eigenvalue weighted by molar-refractivity contribution is 6.41. The molecule has 0 aliphatic heterocycles. The van der Waals surface area contributed by atoms with Gasteiger partial charge in [0.25, 0.3) is 0 Å². The maximum absolute atomic E-state index is 5.96. The minimum absolute atomic E-state index is 0.211. The normalized spacial score (nSPS) is 14.0. The second kappa shape index (κ2) is 7.12. The van der Waals surface area contributed by atoms with Gasteiger partial charge >= 0.3 is 0 Å². The van der Waals surface area contributed by atoms with E-state index in [-0.39, 0.29) is 22.5 Å². The molecule has 0 fully saturated rings. The van der Waals surface area contributed by atoms with E-state index in [9.17, 15) is 0 Å². The summed E-state index contributed by atoms with van der Waals surface area (Å²) in [6.45, 7) is 3.81. The summed E-state index contributed by atoms with van der Waals surface area (Å²) in [6, 6.07) is 3.47. The van der Waals surface area contributed by atoms with Crippen LogP contribution >= 0.6 is 46.4 Å². The first-order chi connectivity index (χ1) is 9.88. The fourth-order valence-electron chi connectivity index (χ4n) is 1.78. The van der Waals surface area contributed by atoms with Gasteiger partial charge in [-0.25, -0.2) is 9.97 Å². The number of halogens is 4. The lowest BCUT2D eigenvalue weighted by atomic mass is 10.1. The molecule has 0 amide bonds. The van der Waals surface area contributed by atoms with Crippen LogP contribution in [-0.4, -0.2) is 9.97 Å². The summed E-state index contributed by atoms with van der Waals surface area (Å²) >= 11 is 23.5. The molecule has 0 saturated heterocycles. The van der Waals surface area contributed by atoms with Gasteiger partial charge in [0.05, 0.1) is 22.3 Å². The maximum Gasteiger partial charge on any atom is 0.147 e. The van der Waals surface area contributed by atoms with E-state index in [2.05, 4.69) is 9.97 Å². The van der Waals surface area contributed by atoms with Gasteiger partial charge in [-0.05, 0) is 26.0 Å². The SMILES string of the molecule is CC(OC(C)c1cnc(Cl)c(Cl)c1)c1cnc(Cl)c(Cl)c1. The van der Waals surface area contributed by atoms with E-state index in [1.807, 2.05) is 13.8 Å². The van der Waals surface area contributed by atoms with Gasteiger partial charge in [0.1, 0.15) is 10.3 Å². The van der Waals surface area contributed by atoms with Crippen molar-refractivity contribution in [3.05, 3.63) is 56.0 Å². The Bertz CT molecular complexity index is 595. The number of pyridine rings is 2. The summed E-state index contributed by atoms with van der Waals surface area (Å²) in [6.07, 6.45) is 2.85. The second-order valence-corrected chi connectivity index (χ2v) is 6.03. The van der Waals surface area contributed by atoms with Crippen LogP contribution in [0.25, 0.3) is 0 Å². The van der Waals surface area contributed by atoms with Crippen molar-refractivity contribution in [2.45, 2.75) is 26.1 Å². The van der Waals surface area contributed by atoms with Crippen LogP contribution in [0.15, 0.2) is 24.5 Å². The lowest BCUT2D eigenvalue weighted by Crippen LogP contribution is -2.06. The van der Waals surface area contributed by atoms with Gasteiger partial charge in [-0.3, -0.25) is 0 Å². The minimum atomic E-state index is -0.211. The number of aromatic nitrogens is 2. The highest BCUT2D eigenvalue weighted by atomic mass is 35.5. The highest BCUT2D eigenvalue weighted by Gasteiger charge is 2.15. The number of hydrogen-bond acceptors (Lipinski definition) is 3. The molecule has 2 rings (SSSR count). The highest BCUT2D eigenvalue weighted by Crippen LogP contribution is 2.30. The van der Waals surface area contributed by atoms with Gasteiger partial charge in [-0.15, -0.1) is 0 Å². The van der Waals surface area contributed by atoms with E-state index < -0.39 is 0 Å². The van der Waals surface area contributed by atoms with Crippen LogP contribution in [0.4, 0.5) is 0 Å². The summed E-state index contributed by atoms with van der Waals surface area (Å²) in [5, 5.41) is 1.34. The first kappa shape index (κ1) is 16.8. The Kier molecular flexibility index (Phi) is 5.69. The van der Waals surface area contributed by atoms with Crippen molar-refractivity contribution < 1.29 is 4.74 Å². The number of hydrogen-bond donors (Lipinski definition) is 0. The standard InChI is InChI=1S/C14H12Cl4N2O/c1-7(9-3-11(15)13(17)19-5-9)21-8(2)10-4-12(16)14(18)20-6-10/h3-8H,1-2H3. The predicted molar refractivity (Wildman–Crippen MR) is 86.4 cm³/mol. The molecule has 0 saturated carbocycles. The van der Waals surface area contributed by atoms with Crippen molar-refractivity contribution in [1.29, 1.82) is 0 Å². The van der Waals surface area contributed by atoms with Gasteiger partial charge in [0, 0.05) is 23.5 Å². The topological polar surface area (TPSA) is 35.0 Å². The zero-order valence-corrected chi connectivity index (χ0v) is 14.3. The molecule has 0 spiro atoms. The third-order valence-electron chi connectivity index (χ3n) is 2.98. The van der Waals surface area contributed by atoms with Crippen LogP contribution in [0.1, 0.15) is 37.2 Å². The van der Waals surface area contributed by atoms with Crippen molar-refractivity contribution in [2.75, 3.05) is 0 Å². The molecular formula is C14H12Cl4N2O. The second-order valence-electron chi connectivity index (χ2n) is 4.50. The summed E-state index contributed by atoms with van der Waals surface area (Å²) in [5.41, 5.74) is 1.67. The fraction of sp³-hybridized carbons (Fsp3) is 0.286. The van der Waals surface area contributed by atoms with E-state index in [4.69, 9.17) is 51.1 Å². The van der Waals surface area contributed by atoms with Crippen LogP contribution in [0, 0.1) is 0 Å². The Hall–Kier alpha value is -0.580. The molecule has 2 aromatic heterocycles. The Morgan fingerprint density at radius 2 is 1.19 bits per heavy atom.